The van der Waals surface area contributed by atoms with Crippen LogP contribution in [0.2, 0.25) is 0 Å². The zero-order chi connectivity index (χ0) is 21.3. The van der Waals surface area contributed by atoms with Crippen molar-refractivity contribution in [2.45, 2.75) is 44.6 Å². The molecule has 1 aliphatic carbocycles. The number of hydrogen-bond acceptors (Lipinski definition) is 7. The quantitative estimate of drug-likeness (QED) is 0.537. The van der Waals surface area contributed by atoms with Crippen LogP contribution in [0.3, 0.4) is 0 Å². The number of nitrogens with one attached hydrogen (secondary N) is 2. The number of nitrogens with zero attached hydrogens (tertiary/aromatic N) is 2. The molecule has 4 rings (SSSR count). The molecular weight excluding hydrogens is 408 g/mol. The van der Waals surface area contributed by atoms with Crippen molar-refractivity contribution in [3.05, 3.63) is 23.8 Å². The Kier molecular flexibility index (Phi) is 5.42. The summed E-state index contributed by atoms with van der Waals surface area (Å²) in [5, 5.41) is 5.80. The third-order valence-electron chi connectivity index (χ3n) is 5.40. The van der Waals surface area contributed by atoms with E-state index in [0.717, 1.165) is 33.5 Å². The number of ether oxygens (including phenoxy) is 1. The van der Waals surface area contributed by atoms with Gasteiger partial charge in [0, 0.05) is 6.54 Å². The number of carbonyl (C=O) groups is 4. The third-order valence-corrected chi connectivity index (χ3v) is 6.33. The molecule has 1 saturated carbocycles. The zero-order valence-corrected chi connectivity index (χ0v) is 17.3. The number of amides is 4. The third kappa shape index (κ3) is 4.00. The van der Waals surface area contributed by atoms with Crippen LogP contribution >= 0.6 is 11.3 Å². The van der Waals surface area contributed by atoms with E-state index in [0.29, 0.717) is 18.0 Å². The summed E-state index contributed by atoms with van der Waals surface area (Å²) in [6.07, 6.45) is 2.88. The molecule has 1 saturated heterocycles. The van der Waals surface area contributed by atoms with E-state index in [4.69, 9.17) is 4.74 Å². The van der Waals surface area contributed by atoms with Gasteiger partial charge in [-0.3, -0.25) is 24.6 Å². The highest BCUT2D eigenvalue weighted by Crippen LogP contribution is 2.35. The summed E-state index contributed by atoms with van der Waals surface area (Å²) in [6, 6.07) is 5.32. The largest absolute Gasteiger partial charge is 0.456 e. The molecule has 2 N–H and O–H groups in total. The number of rotatable bonds is 6. The number of esters is 1. The second-order valence-corrected chi connectivity index (χ2v) is 8.66. The second kappa shape index (κ2) is 8.02. The van der Waals surface area contributed by atoms with Gasteiger partial charge in [0.2, 0.25) is 0 Å². The van der Waals surface area contributed by atoms with Crippen molar-refractivity contribution in [2.24, 2.45) is 0 Å². The molecule has 1 aromatic heterocycles. The average molecular weight is 430 g/mol. The maximum absolute atomic E-state index is 12.5. The lowest BCUT2D eigenvalue weighted by Crippen LogP contribution is -2.44. The molecule has 0 radical (unpaired) electrons. The molecule has 1 aromatic carbocycles. The Morgan fingerprint density at radius 1 is 1.30 bits per heavy atom. The summed E-state index contributed by atoms with van der Waals surface area (Å²) in [5.41, 5.74) is 1.09. The van der Waals surface area contributed by atoms with Gasteiger partial charge in [-0.05, 0) is 37.5 Å². The number of fused-ring (bicyclic) bond motifs is 1. The van der Waals surface area contributed by atoms with Crippen molar-refractivity contribution in [1.29, 1.82) is 0 Å². The fourth-order valence-corrected chi connectivity index (χ4v) is 4.84. The summed E-state index contributed by atoms with van der Waals surface area (Å²) >= 11 is 1.34. The van der Waals surface area contributed by atoms with Gasteiger partial charge in [-0.2, -0.15) is 0 Å². The van der Waals surface area contributed by atoms with E-state index in [9.17, 15) is 19.2 Å². The second-order valence-electron chi connectivity index (χ2n) is 7.63. The molecule has 10 heteroatoms. The van der Waals surface area contributed by atoms with Crippen molar-refractivity contribution >= 4 is 50.5 Å². The maximum atomic E-state index is 12.5. The van der Waals surface area contributed by atoms with Crippen LogP contribution in [-0.2, 0) is 19.1 Å². The summed E-state index contributed by atoms with van der Waals surface area (Å²) in [7, 11) is 0. The molecule has 2 aromatic rings. The number of anilines is 1. The highest BCUT2D eigenvalue weighted by molar-refractivity contribution is 7.22. The van der Waals surface area contributed by atoms with Crippen molar-refractivity contribution in [1.82, 2.24) is 15.2 Å². The van der Waals surface area contributed by atoms with E-state index in [1.807, 2.05) is 25.1 Å². The molecule has 4 amide bonds. The van der Waals surface area contributed by atoms with Gasteiger partial charge in [-0.1, -0.05) is 30.2 Å². The van der Waals surface area contributed by atoms with E-state index in [2.05, 4.69) is 15.6 Å². The molecule has 0 atom stereocenters. The van der Waals surface area contributed by atoms with Crippen molar-refractivity contribution in [2.75, 3.05) is 18.5 Å². The molecule has 2 fully saturated rings. The lowest BCUT2D eigenvalue weighted by Gasteiger charge is -2.19. The van der Waals surface area contributed by atoms with Crippen LogP contribution in [0.1, 0.15) is 37.7 Å². The Labute approximate surface area is 176 Å². The van der Waals surface area contributed by atoms with Gasteiger partial charge < -0.3 is 10.1 Å². The monoisotopic (exact) mass is 430 g/mol. The van der Waals surface area contributed by atoms with Gasteiger partial charge in [-0.25, -0.2) is 9.78 Å². The van der Waals surface area contributed by atoms with Crippen LogP contribution in [0.25, 0.3) is 10.2 Å². The van der Waals surface area contributed by atoms with Gasteiger partial charge in [0.05, 0.1) is 16.6 Å². The number of hydrogen-bond donors (Lipinski definition) is 2. The number of thiazole rings is 1. The van der Waals surface area contributed by atoms with Crippen LogP contribution in [0.15, 0.2) is 18.2 Å². The van der Waals surface area contributed by atoms with Crippen molar-refractivity contribution in [3.63, 3.8) is 0 Å². The SMILES string of the molecule is Cc1ccc2nc(NC(=O)COC(=O)CCN3C(=O)NC4(CCCC4)C3=O)sc2c1. The topological polar surface area (TPSA) is 118 Å². The number of aryl methyl sites for hydroxylation is 1. The number of carbonyl (C=O) groups excluding carboxylic acids is 4. The minimum absolute atomic E-state index is 0.0654. The van der Waals surface area contributed by atoms with Crippen molar-refractivity contribution in [3.8, 4) is 0 Å². The molecule has 0 bridgehead atoms. The van der Waals surface area contributed by atoms with Crippen LogP contribution in [0.4, 0.5) is 9.93 Å². The molecule has 1 spiro atoms. The fourth-order valence-electron chi connectivity index (χ4n) is 3.86. The number of urea groups is 1. The van der Waals surface area contributed by atoms with E-state index >= 15 is 0 Å². The summed E-state index contributed by atoms with van der Waals surface area (Å²) in [4.78, 5) is 54.0. The van der Waals surface area contributed by atoms with Crippen LogP contribution in [0, 0.1) is 6.92 Å². The van der Waals surface area contributed by atoms with Crippen molar-refractivity contribution < 1.29 is 23.9 Å². The maximum Gasteiger partial charge on any atom is 0.325 e. The Hall–Kier alpha value is -3.01. The zero-order valence-electron chi connectivity index (χ0n) is 16.5. The first-order chi connectivity index (χ1) is 14.4. The summed E-state index contributed by atoms with van der Waals surface area (Å²) in [5.74, 6) is -1.43. The normalized spacial score (nSPS) is 17.6. The predicted molar refractivity (Wildman–Crippen MR) is 110 cm³/mol. The van der Waals surface area contributed by atoms with Gasteiger partial charge >= 0.3 is 12.0 Å². The number of benzene rings is 1. The molecule has 2 heterocycles. The van der Waals surface area contributed by atoms with E-state index in [1.54, 1.807) is 0 Å². The molecule has 158 valence electrons. The smallest absolute Gasteiger partial charge is 0.325 e. The Morgan fingerprint density at radius 3 is 2.83 bits per heavy atom. The van der Waals surface area contributed by atoms with Crippen LogP contribution in [0.5, 0.6) is 0 Å². The molecular formula is C20H22N4O5S. The molecule has 1 aliphatic heterocycles. The Morgan fingerprint density at radius 2 is 2.07 bits per heavy atom. The molecule has 2 aliphatic rings. The fraction of sp³-hybridized carbons (Fsp3) is 0.450. The predicted octanol–water partition coefficient (Wildman–Crippen LogP) is 2.34. The Balaban J connectivity index is 1.24. The lowest BCUT2D eigenvalue weighted by atomic mass is 9.98. The first-order valence-electron chi connectivity index (χ1n) is 9.83. The molecule has 9 nitrogen and oxygen atoms in total. The number of imide groups is 1. The summed E-state index contributed by atoms with van der Waals surface area (Å²) in [6.45, 7) is 1.45. The summed E-state index contributed by atoms with van der Waals surface area (Å²) < 4.78 is 5.93. The van der Waals surface area contributed by atoms with Gasteiger partial charge in [0.1, 0.15) is 5.54 Å². The van der Waals surface area contributed by atoms with Crippen LogP contribution in [-0.4, -0.2) is 52.4 Å². The minimum Gasteiger partial charge on any atom is -0.456 e. The van der Waals surface area contributed by atoms with Gasteiger partial charge in [0.25, 0.3) is 11.8 Å². The molecule has 0 unspecified atom stereocenters. The van der Waals surface area contributed by atoms with E-state index in [1.165, 1.54) is 11.3 Å². The highest BCUT2D eigenvalue weighted by Gasteiger charge is 2.52. The van der Waals surface area contributed by atoms with E-state index < -0.39 is 30.1 Å². The average Bonchev–Trinajstić information content (AvgIpc) is 3.38. The van der Waals surface area contributed by atoms with Gasteiger partial charge in [0.15, 0.2) is 11.7 Å². The minimum atomic E-state index is -0.795. The van der Waals surface area contributed by atoms with Gasteiger partial charge in [-0.15, -0.1) is 0 Å². The van der Waals surface area contributed by atoms with E-state index in [-0.39, 0.29) is 18.9 Å². The first kappa shape index (κ1) is 20.3. The first-order valence-corrected chi connectivity index (χ1v) is 10.6. The lowest BCUT2D eigenvalue weighted by molar-refractivity contribution is -0.147. The number of aromatic nitrogens is 1. The molecule has 30 heavy (non-hydrogen) atoms. The van der Waals surface area contributed by atoms with Crippen LogP contribution < -0.4 is 10.6 Å². The Bertz CT molecular complexity index is 1030. The highest BCUT2D eigenvalue weighted by atomic mass is 32.1. The standard InChI is InChI=1S/C20H22N4O5S/c1-12-4-5-13-14(10-12)30-18(21-13)22-15(25)11-29-16(26)6-9-24-17(27)20(23-19(24)28)7-2-3-8-20/h4-5,10H,2-3,6-9,11H2,1H3,(H,23,28)(H,21,22,25).